The van der Waals surface area contributed by atoms with Gasteiger partial charge in [0.1, 0.15) is 0 Å². The second-order valence-electron chi connectivity index (χ2n) is 12.3. The maximum atomic E-state index is 9.56. The van der Waals surface area contributed by atoms with Crippen molar-refractivity contribution in [3.05, 3.63) is 176 Å². The third-order valence-electron chi connectivity index (χ3n) is 9.17. The number of benzene rings is 6. The lowest BCUT2D eigenvalue weighted by atomic mass is 10.0. The Balaban J connectivity index is 1.33. The fourth-order valence-corrected chi connectivity index (χ4v) is 6.73. The SMILES string of the molecule is N#Cc1cccc(-c2ccc3c(c2)c2ccccc2n3-c2ccc(-c3cccnc3)cc2-c2nc(-c3ccccc3)nc(-c3ccccc3)n2)c1. The van der Waals surface area contributed by atoms with Crippen molar-refractivity contribution >= 4 is 21.8 Å². The highest BCUT2D eigenvalue weighted by Crippen LogP contribution is 2.39. The molecule has 0 atom stereocenters. The third-order valence-corrected chi connectivity index (χ3v) is 9.17. The fraction of sp³-hybridized carbons (Fsp3) is 0. The topological polar surface area (TPSA) is 80.3 Å². The molecule has 3 heterocycles. The number of hydrogen-bond donors (Lipinski definition) is 0. The van der Waals surface area contributed by atoms with E-state index >= 15 is 0 Å². The van der Waals surface area contributed by atoms with Crippen LogP contribution >= 0.6 is 0 Å². The fourth-order valence-electron chi connectivity index (χ4n) is 6.73. The first kappa shape index (κ1) is 29.9. The number of hydrogen-bond acceptors (Lipinski definition) is 5. The van der Waals surface area contributed by atoms with E-state index in [4.69, 9.17) is 15.0 Å². The Hall–Kier alpha value is -7.23. The normalized spacial score (nSPS) is 11.1. The zero-order chi connectivity index (χ0) is 34.1. The van der Waals surface area contributed by atoms with Crippen LogP contribution in [0.15, 0.2) is 170 Å². The molecule has 51 heavy (non-hydrogen) atoms. The summed E-state index contributed by atoms with van der Waals surface area (Å²) in [6.45, 7) is 0. The largest absolute Gasteiger partial charge is 0.309 e. The number of nitrogens with zero attached hydrogens (tertiary/aromatic N) is 6. The number of pyridine rings is 1. The summed E-state index contributed by atoms with van der Waals surface area (Å²) < 4.78 is 2.30. The zero-order valence-corrected chi connectivity index (χ0v) is 27.3. The van der Waals surface area contributed by atoms with E-state index in [1.54, 1.807) is 6.20 Å². The van der Waals surface area contributed by atoms with Gasteiger partial charge in [-0.1, -0.05) is 109 Å². The Kier molecular flexibility index (Phi) is 7.42. The van der Waals surface area contributed by atoms with Crippen molar-refractivity contribution in [2.45, 2.75) is 0 Å². The molecule has 6 heteroatoms. The highest BCUT2D eigenvalue weighted by atomic mass is 15.1. The van der Waals surface area contributed by atoms with E-state index in [1.807, 2.05) is 97.2 Å². The first-order valence-electron chi connectivity index (χ1n) is 16.7. The first-order valence-corrected chi connectivity index (χ1v) is 16.7. The van der Waals surface area contributed by atoms with Crippen LogP contribution in [0.3, 0.4) is 0 Å². The lowest BCUT2D eigenvalue weighted by Crippen LogP contribution is -2.04. The molecule has 0 fully saturated rings. The van der Waals surface area contributed by atoms with Crippen molar-refractivity contribution in [3.63, 3.8) is 0 Å². The van der Waals surface area contributed by atoms with Gasteiger partial charge in [-0.3, -0.25) is 4.98 Å². The second kappa shape index (κ2) is 12.7. The monoisotopic (exact) mass is 652 g/mol. The Morgan fingerprint density at radius 2 is 1.06 bits per heavy atom. The minimum atomic E-state index is 0.569. The number of para-hydroxylation sites is 1. The molecule has 0 aliphatic heterocycles. The van der Waals surface area contributed by atoms with Crippen molar-refractivity contribution < 1.29 is 0 Å². The average molecular weight is 653 g/mol. The van der Waals surface area contributed by atoms with E-state index in [0.29, 0.717) is 23.0 Å². The van der Waals surface area contributed by atoms with Crippen molar-refractivity contribution in [1.29, 1.82) is 5.26 Å². The van der Waals surface area contributed by atoms with Gasteiger partial charge in [-0.15, -0.1) is 0 Å². The van der Waals surface area contributed by atoms with Crippen molar-refractivity contribution in [2.24, 2.45) is 0 Å². The minimum absolute atomic E-state index is 0.569. The van der Waals surface area contributed by atoms with Gasteiger partial charge in [-0.2, -0.15) is 5.26 Å². The van der Waals surface area contributed by atoms with Gasteiger partial charge >= 0.3 is 0 Å². The van der Waals surface area contributed by atoms with Crippen molar-refractivity contribution in [3.8, 4) is 68.2 Å². The van der Waals surface area contributed by atoms with Crippen LogP contribution < -0.4 is 0 Å². The summed E-state index contributed by atoms with van der Waals surface area (Å²) in [5.41, 5.74) is 10.4. The average Bonchev–Trinajstić information content (AvgIpc) is 3.55. The minimum Gasteiger partial charge on any atom is -0.309 e. The predicted octanol–water partition coefficient (Wildman–Crippen LogP) is 10.6. The summed E-state index contributed by atoms with van der Waals surface area (Å²) >= 11 is 0. The van der Waals surface area contributed by atoms with Gasteiger partial charge in [-0.25, -0.2) is 15.0 Å². The molecular formula is C45H28N6. The molecule has 9 aromatic rings. The smallest absolute Gasteiger partial charge is 0.166 e. The summed E-state index contributed by atoms with van der Waals surface area (Å²) in [6, 6.07) is 55.5. The quantitative estimate of drug-likeness (QED) is 0.179. The molecule has 0 aliphatic carbocycles. The van der Waals surface area contributed by atoms with Gasteiger partial charge < -0.3 is 4.57 Å². The molecule has 3 aromatic heterocycles. The summed E-state index contributed by atoms with van der Waals surface area (Å²) in [4.78, 5) is 19.7. The molecule has 0 N–H and O–H groups in total. The Labute approximate surface area is 294 Å². The van der Waals surface area contributed by atoms with E-state index in [-0.39, 0.29) is 0 Å². The van der Waals surface area contributed by atoms with Crippen LogP contribution in [0, 0.1) is 11.3 Å². The van der Waals surface area contributed by atoms with E-state index in [9.17, 15) is 5.26 Å². The molecule has 0 saturated heterocycles. The predicted molar refractivity (Wildman–Crippen MR) is 204 cm³/mol. The summed E-state index contributed by atoms with van der Waals surface area (Å²) in [5, 5.41) is 11.8. The molecule has 0 aliphatic rings. The third kappa shape index (κ3) is 5.49. The van der Waals surface area contributed by atoms with Crippen LogP contribution in [0.1, 0.15) is 5.56 Å². The van der Waals surface area contributed by atoms with E-state index in [0.717, 1.165) is 66.4 Å². The molecule has 0 spiro atoms. The van der Waals surface area contributed by atoms with Crippen LogP contribution in [0.2, 0.25) is 0 Å². The number of rotatable bonds is 6. The van der Waals surface area contributed by atoms with Gasteiger partial charge in [0.05, 0.1) is 28.4 Å². The lowest BCUT2D eigenvalue weighted by Gasteiger charge is -2.16. The maximum Gasteiger partial charge on any atom is 0.166 e. The Morgan fingerprint density at radius 1 is 0.451 bits per heavy atom. The molecule has 0 saturated carbocycles. The first-order chi connectivity index (χ1) is 25.2. The van der Waals surface area contributed by atoms with Crippen LogP contribution in [-0.4, -0.2) is 24.5 Å². The highest BCUT2D eigenvalue weighted by molar-refractivity contribution is 6.11. The zero-order valence-electron chi connectivity index (χ0n) is 27.3. The summed E-state index contributed by atoms with van der Waals surface area (Å²) in [5.74, 6) is 1.77. The molecule has 0 amide bonds. The standard InChI is InChI=1S/C45H28N6/c46-28-30-11-9-16-33(25-30)34-20-22-41-38(26-34)37-18-7-8-19-40(37)51(41)42-23-21-35(36-17-10-24-47-29-36)27-39(42)45-49-43(31-12-3-1-4-13-31)48-44(50-45)32-14-5-2-6-15-32/h1-27,29H. The van der Waals surface area contributed by atoms with Gasteiger partial charge in [0.15, 0.2) is 17.5 Å². The highest BCUT2D eigenvalue weighted by Gasteiger charge is 2.20. The Morgan fingerprint density at radius 3 is 1.78 bits per heavy atom. The number of aromatic nitrogens is 5. The number of nitriles is 1. The molecule has 0 bridgehead atoms. The lowest BCUT2D eigenvalue weighted by molar-refractivity contribution is 1.06. The number of fused-ring (bicyclic) bond motifs is 3. The summed E-state index contributed by atoms with van der Waals surface area (Å²) in [7, 11) is 0. The molecule has 6 aromatic carbocycles. The van der Waals surface area contributed by atoms with Gasteiger partial charge in [0.2, 0.25) is 0 Å². The van der Waals surface area contributed by atoms with Crippen LogP contribution in [0.4, 0.5) is 0 Å². The van der Waals surface area contributed by atoms with E-state index in [1.165, 1.54) is 0 Å². The van der Waals surface area contributed by atoms with Crippen molar-refractivity contribution in [2.75, 3.05) is 0 Å². The van der Waals surface area contributed by atoms with Crippen molar-refractivity contribution in [1.82, 2.24) is 24.5 Å². The molecule has 6 nitrogen and oxygen atoms in total. The van der Waals surface area contributed by atoms with Crippen LogP contribution in [0.25, 0.3) is 83.9 Å². The maximum absolute atomic E-state index is 9.56. The van der Waals surface area contributed by atoms with E-state index in [2.05, 4.69) is 82.4 Å². The molecule has 9 rings (SSSR count). The van der Waals surface area contributed by atoms with Gasteiger partial charge in [-0.05, 0) is 65.2 Å². The van der Waals surface area contributed by atoms with Crippen LogP contribution in [-0.2, 0) is 0 Å². The second-order valence-corrected chi connectivity index (χ2v) is 12.3. The molecule has 0 radical (unpaired) electrons. The van der Waals surface area contributed by atoms with Crippen LogP contribution in [0.5, 0.6) is 0 Å². The Bertz CT molecular complexity index is 2690. The summed E-state index contributed by atoms with van der Waals surface area (Å²) in [6.07, 6.45) is 3.66. The molecular weight excluding hydrogens is 625 g/mol. The molecule has 0 unspecified atom stereocenters. The van der Waals surface area contributed by atoms with E-state index < -0.39 is 0 Å². The van der Waals surface area contributed by atoms with Gasteiger partial charge in [0.25, 0.3) is 0 Å². The van der Waals surface area contributed by atoms with Gasteiger partial charge in [0, 0.05) is 45.4 Å². The molecule has 238 valence electrons.